The van der Waals surface area contributed by atoms with Gasteiger partial charge in [-0.15, -0.1) is 11.6 Å². The van der Waals surface area contributed by atoms with E-state index in [1.807, 2.05) is 24.3 Å². The zero-order valence-corrected chi connectivity index (χ0v) is 9.33. The molecule has 1 heterocycles. The first kappa shape index (κ1) is 10.7. The van der Waals surface area contributed by atoms with Crippen LogP contribution in [0.1, 0.15) is 22.5 Å². The Hall–Kier alpha value is -1.79. The van der Waals surface area contributed by atoms with Crippen LogP contribution in [0.2, 0.25) is 0 Å². The molecule has 0 fully saturated rings. The Labute approximate surface area is 98.7 Å². The van der Waals surface area contributed by atoms with Crippen molar-refractivity contribution in [1.82, 2.24) is 9.97 Å². The molecular formula is C12H10ClN3. The number of hydrogen-bond acceptors (Lipinski definition) is 2. The highest BCUT2D eigenvalue weighted by molar-refractivity contribution is 6.16. The SMILES string of the molecule is N#Cc1ccccc1Cc1[nH]cnc1CCl. The fraction of sp³-hybridized carbons (Fsp3) is 0.167. The number of aromatic nitrogens is 2. The molecule has 0 aliphatic heterocycles. The fourth-order valence-corrected chi connectivity index (χ4v) is 1.82. The molecule has 0 aliphatic carbocycles. The number of nitriles is 1. The maximum Gasteiger partial charge on any atom is 0.0994 e. The summed E-state index contributed by atoms with van der Waals surface area (Å²) in [6.45, 7) is 0. The molecule has 1 aromatic heterocycles. The average molecular weight is 232 g/mol. The van der Waals surface area contributed by atoms with Crippen LogP contribution in [-0.2, 0) is 12.3 Å². The topological polar surface area (TPSA) is 52.5 Å². The predicted octanol–water partition coefficient (Wildman–Crippen LogP) is 2.61. The van der Waals surface area contributed by atoms with E-state index in [0.29, 0.717) is 17.9 Å². The van der Waals surface area contributed by atoms with Crippen LogP contribution >= 0.6 is 11.6 Å². The monoisotopic (exact) mass is 231 g/mol. The molecule has 0 amide bonds. The molecule has 0 bridgehead atoms. The lowest BCUT2D eigenvalue weighted by Crippen LogP contribution is -1.95. The molecule has 16 heavy (non-hydrogen) atoms. The normalized spacial score (nSPS) is 10.0. The first-order chi connectivity index (χ1) is 7.85. The van der Waals surface area contributed by atoms with Crippen molar-refractivity contribution < 1.29 is 0 Å². The Kier molecular flexibility index (Phi) is 3.23. The lowest BCUT2D eigenvalue weighted by atomic mass is 10.0. The van der Waals surface area contributed by atoms with E-state index in [1.165, 1.54) is 0 Å². The van der Waals surface area contributed by atoms with Crippen molar-refractivity contribution >= 4 is 11.6 Å². The smallest absolute Gasteiger partial charge is 0.0994 e. The molecule has 80 valence electrons. The zero-order chi connectivity index (χ0) is 11.4. The first-order valence-electron chi connectivity index (χ1n) is 4.90. The van der Waals surface area contributed by atoms with Gasteiger partial charge in [0.15, 0.2) is 0 Å². The molecule has 0 radical (unpaired) electrons. The minimum absolute atomic E-state index is 0.382. The molecule has 4 heteroatoms. The minimum Gasteiger partial charge on any atom is -0.348 e. The highest BCUT2D eigenvalue weighted by Gasteiger charge is 2.07. The third kappa shape index (κ3) is 2.07. The van der Waals surface area contributed by atoms with Crippen molar-refractivity contribution in [3.05, 3.63) is 53.1 Å². The van der Waals surface area contributed by atoms with Gasteiger partial charge in [-0.2, -0.15) is 5.26 Å². The molecule has 0 saturated carbocycles. The summed E-state index contributed by atoms with van der Waals surface area (Å²) in [6.07, 6.45) is 2.29. The van der Waals surface area contributed by atoms with Crippen LogP contribution in [0.3, 0.4) is 0 Å². The summed E-state index contributed by atoms with van der Waals surface area (Å²) in [6, 6.07) is 9.71. The predicted molar refractivity (Wildman–Crippen MR) is 62.1 cm³/mol. The summed E-state index contributed by atoms with van der Waals surface area (Å²) in [5.41, 5.74) is 3.49. The Morgan fingerprint density at radius 1 is 1.38 bits per heavy atom. The van der Waals surface area contributed by atoms with Crippen LogP contribution in [0.25, 0.3) is 0 Å². The molecule has 0 spiro atoms. The maximum atomic E-state index is 8.97. The van der Waals surface area contributed by atoms with E-state index in [1.54, 1.807) is 6.33 Å². The summed E-state index contributed by atoms with van der Waals surface area (Å²) in [5.74, 6) is 0.382. The van der Waals surface area contributed by atoms with Crippen LogP contribution in [0.4, 0.5) is 0 Å². The van der Waals surface area contributed by atoms with Crippen molar-refractivity contribution in [3.8, 4) is 6.07 Å². The second kappa shape index (κ2) is 4.82. The fourth-order valence-electron chi connectivity index (χ4n) is 1.59. The van der Waals surface area contributed by atoms with E-state index in [2.05, 4.69) is 16.0 Å². The number of alkyl halides is 1. The van der Waals surface area contributed by atoms with Gasteiger partial charge in [0.2, 0.25) is 0 Å². The summed E-state index contributed by atoms with van der Waals surface area (Å²) >= 11 is 5.77. The van der Waals surface area contributed by atoms with Crippen molar-refractivity contribution in [1.29, 1.82) is 5.26 Å². The number of rotatable bonds is 3. The van der Waals surface area contributed by atoms with E-state index >= 15 is 0 Å². The van der Waals surface area contributed by atoms with Crippen LogP contribution in [0.5, 0.6) is 0 Å². The van der Waals surface area contributed by atoms with Gasteiger partial charge in [0, 0.05) is 12.1 Å². The standard InChI is InChI=1S/C12H10ClN3/c13-6-12-11(15-8-16-12)5-9-3-1-2-4-10(9)7-14/h1-4,8H,5-6H2,(H,15,16). The maximum absolute atomic E-state index is 8.97. The number of benzene rings is 1. The lowest BCUT2D eigenvalue weighted by molar-refractivity contribution is 1.06. The first-order valence-corrected chi connectivity index (χ1v) is 5.43. The summed E-state index contributed by atoms with van der Waals surface area (Å²) in [4.78, 5) is 7.17. The molecule has 0 saturated heterocycles. The third-order valence-electron chi connectivity index (χ3n) is 2.44. The summed E-state index contributed by atoms with van der Waals surface area (Å²) in [7, 11) is 0. The van der Waals surface area contributed by atoms with Gasteiger partial charge in [0.25, 0.3) is 0 Å². The van der Waals surface area contributed by atoms with E-state index in [-0.39, 0.29) is 0 Å². The number of imidazole rings is 1. The molecule has 3 nitrogen and oxygen atoms in total. The van der Waals surface area contributed by atoms with Gasteiger partial charge in [-0.25, -0.2) is 4.98 Å². The molecule has 1 N–H and O–H groups in total. The van der Waals surface area contributed by atoms with Crippen LogP contribution in [0.15, 0.2) is 30.6 Å². The van der Waals surface area contributed by atoms with E-state index in [4.69, 9.17) is 16.9 Å². The molecule has 2 rings (SSSR count). The molecule has 0 unspecified atom stereocenters. The number of halogens is 1. The largest absolute Gasteiger partial charge is 0.348 e. The molecule has 1 aromatic carbocycles. The number of hydrogen-bond donors (Lipinski definition) is 1. The minimum atomic E-state index is 0.382. The third-order valence-corrected chi connectivity index (χ3v) is 2.69. The number of H-pyrrole nitrogens is 1. The Morgan fingerprint density at radius 3 is 2.94 bits per heavy atom. The van der Waals surface area contributed by atoms with Crippen molar-refractivity contribution in [3.63, 3.8) is 0 Å². The second-order valence-electron chi connectivity index (χ2n) is 3.41. The molecule has 2 aromatic rings. The second-order valence-corrected chi connectivity index (χ2v) is 3.67. The van der Waals surface area contributed by atoms with Gasteiger partial charge in [-0.1, -0.05) is 18.2 Å². The van der Waals surface area contributed by atoms with E-state index in [9.17, 15) is 0 Å². The van der Waals surface area contributed by atoms with Gasteiger partial charge >= 0.3 is 0 Å². The number of nitrogens with zero attached hydrogens (tertiary/aromatic N) is 2. The molecule has 0 atom stereocenters. The average Bonchev–Trinajstić information content (AvgIpc) is 2.77. The molecule has 0 aliphatic rings. The highest BCUT2D eigenvalue weighted by atomic mass is 35.5. The number of nitrogens with one attached hydrogen (secondary N) is 1. The van der Waals surface area contributed by atoms with Gasteiger partial charge in [0.05, 0.1) is 29.5 Å². The number of aromatic amines is 1. The van der Waals surface area contributed by atoms with Gasteiger partial charge in [-0.05, 0) is 11.6 Å². The van der Waals surface area contributed by atoms with Crippen LogP contribution in [-0.4, -0.2) is 9.97 Å². The highest BCUT2D eigenvalue weighted by Crippen LogP contribution is 2.15. The Balaban J connectivity index is 2.31. The van der Waals surface area contributed by atoms with Gasteiger partial charge in [-0.3, -0.25) is 0 Å². The van der Waals surface area contributed by atoms with Crippen molar-refractivity contribution in [2.75, 3.05) is 0 Å². The lowest BCUT2D eigenvalue weighted by Gasteiger charge is -2.03. The van der Waals surface area contributed by atoms with Gasteiger partial charge < -0.3 is 4.98 Å². The summed E-state index contributed by atoms with van der Waals surface area (Å²) in [5, 5.41) is 8.97. The zero-order valence-electron chi connectivity index (χ0n) is 8.57. The van der Waals surface area contributed by atoms with E-state index < -0.39 is 0 Å². The van der Waals surface area contributed by atoms with Gasteiger partial charge in [0.1, 0.15) is 0 Å². The molecular weight excluding hydrogens is 222 g/mol. The van der Waals surface area contributed by atoms with Crippen LogP contribution in [0, 0.1) is 11.3 Å². The van der Waals surface area contributed by atoms with Crippen molar-refractivity contribution in [2.45, 2.75) is 12.3 Å². The summed E-state index contributed by atoms with van der Waals surface area (Å²) < 4.78 is 0. The Morgan fingerprint density at radius 2 is 2.19 bits per heavy atom. The van der Waals surface area contributed by atoms with Crippen LogP contribution < -0.4 is 0 Å². The quantitative estimate of drug-likeness (QED) is 0.826. The Bertz CT molecular complexity index is 525. The van der Waals surface area contributed by atoms with E-state index in [0.717, 1.165) is 17.0 Å². The van der Waals surface area contributed by atoms with Crippen molar-refractivity contribution in [2.24, 2.45) is 0 Å².